The molecule has 0 bridgehead atoms. The van der Waals surface area contributed by atoms with Gasteiger partial charge in [-0.15, -0.1) is 0 Å². The number of aliphatic hydroxyl groups is 1. The lowest BCUT2D eigenvalue weighted by Gasteiger charge is -2.18. The summed E-state index contributed by atoms with van der Waals surface area (Å²) in [5.74, 6) is 0.671. The molecule has 1 saturated heterocycles. The lowest BCUT2D eigenvalue weighted by molar-refractivity contribution is -0.0710. The van der Waals surface area contributed by atoms with Crippen molar-refractivity contribution in [1.82, 2.24) is 0 Å². The number of para-hydroxylation sites is 1. The normalized spacial score (nSPS) is 17.6. The third-order valence-corrected chi connectivity index (χ3v) is 2.93. The van der Waals surface area contributed by atoms with Crippen molar-refractivity contribution in [3.63, 3.8) is 0 Å². The average Bonchev–Trinajstić information content (AvgIpc) is 2.92. The molecule has 2 rings (SSSR count). The summed E-state index contributed by atoms with van der Waals surface area (Å²) in [7, 11) is 1.62. The third kappa shape index (κ3) is 4.18. The molecule has 0 spiro atoms. The van der Waals surface area contributed by atoms with E-state index in [9.17, 15) is 5.11 Å². The van der Waals surface area contributed by atoms with Crippen LogP contribution in [0.15, 0.2) is 24.3 Å². The molecule has 1 unspecified atom stereocenters. The van der Waals surface area contributed by atoms with Crippen molar-refractivity contribution in [2.75, 3.05) is 33.5 Å². The summed E-state index contributed by atoms with van der Waals surface area (Å²) in [5, 5.41) is 10.2. The number of methoxy groups -OCH3 is 1. The van der Waals surface area contributed by atoms with Gasteiger partial charge in [-0.1, -0.05) is 18.2 Å². The average molecular weight is 268 g/mol. The van der Waals surface area contributed by atoms with Crippen molar-refractivity contribution < 1.29 is 24.1 Å². The van der Waals surface area contributed by atoms with Gasteiger partial charge in [0.25, 0.3) is 0 Å². The molecule has 0 radical (unpaired) electrons. The Kier molecular flexibility index (Phi) is 5.60. The van der Waals surface area contributed by atoms with Crippen LogP contribution in [-0.4, -0.2) is 44.9 Å². The van der Waals surface area contributed by atoms with Crippen LogP contribution in [0.4, 0.5) is 0 Å². The number of benzene rings is 1. The van der Waals surface area contributed by atoms with Crippen molar-refractivity contribution in [3.8, 4) is 5.75 Å². The summed E-state index contributed by atoms with van der Waals surface area (Å²) in [6, 6.07) is 7.44. The van der Waals surface area contributed by atoms with Gasteiger partial charge >= 0.3 is 0 Å². The molecule has 1 fully saturated rings. The van der Waals surface area contributed by atoms with E-state index in [4.69, 9.17) is 18.9 Å². The second-order valence-electron chi connectivity index (χ2n) is 4.30. The van der Waals surface area contributed by atoms with Crippen molar-refractivity contribution in [3.05, 3.63) is 29.8 Å². The fourth-order valence-corrected chi connectivity index (χ4v) is 1.97. The molecule has 0 aromatic heterocycles. The second-order valence-corrected chi connectivity index (χ2v) is 4.30. The molecule has 0 saturated carbocycles. The number of ether oxygens (including phenoxy) is 4. The van der Waals surface area contributed by atoms with E-state index in [1.807, 2.05) is 24.3 Å². The van der Waals surface area contributed by atoms with Gasteiger partial charge in [0.15, 0.2) is 6.29 Å². The molecule has 5 heteroatoms. The van der Waals surface area contributed by atoms with Crippen LogP contribution in [-0.2, 0) is 14.2 Å². The number of rotatable bonds is 7. The molecule has 0 amide bonds. The van der Waals surface area contributed by atoms with Gasteiger partial charge in [-0.25, -0.2) is 0 Å². The van der Waals surface area contributed by atoms with Crippen LogP contribution >= 0.6 is 0 Å². The highest BCUT2D eigenvalue weighted by Gasteiger charge is 2.22. The molecule has 1 atom stereocenters. The van der Waals surface area contributed by atoms with E-state index in [1.54, 1.807) is 7.11 Å². The zero-order valence-corrected chi connectivity index (χ0v) is 11.1. The highest BCUT2D eigenvalue weighted by molar-refractivity contribution is 5.35. The minimum absolute atomic E-state index is 0.331. The molecule has 1 aromatic carbocycles. The fraction of sp³-hybridized carbons (Fsp3) is 0.571. The van der Waals surface area contributed by atoms with Crippen LogP contribution in [0.25, 0.3) is 0 Å². The standard InChI is InChI=1S/C14H20O5/c1-16-6-7-17-13-5-3-2-4-11(13)12(15)10-14-18-8-9-19-14/h2-5,12,14-15H,6-10H2,1H3. The Balaban J connectivity index is 1.96. The molecule has 1 aliphatic heterocycles. The Labute approximate surface area is 113 Å². The van der Waals surface area contributed by atoms with E-state index in [1.165, 1.54) is 0 Å². The molecular weight excluding hydrogens is 248 g/mol. The first-order chi connectivity index (χ1) is 9.31. The van der Waals surface area contributed by atoms with Crippen molar-refractivity contribution in [1.29, 1.82) is 0 Å². The monoisotopic (exact) mass is 268 g/mol. The fourth-order valence-electron chi connectivity index (χ4n) is 1.97. The Bertz CT molecular complexity index is 376. The van der Waals surface area contributed by atoms with Gasteiger partial charge in [0.05, 0.1) is 25.9 Å². The summed E-state index contributed by atoms with van der Waals surface area (Å²) >= 11 is 0. The topological polar surface area (TPSA) is 57.2 Å². The van der Waals surface area contributed by atoms with Crippen LogP contribution in [0.2, 0.25) is 0 Å². The maximum absolute atomic E-state index is 10.2. The van der Waals surface area contributed by atoms with Gasteiger partial charge in [-0.3, -0.25) is 0 Å². The van der Waals surface area contributed by atoms with Gasteiger partial charge in [-0.05, 0) is 6.07 Å². The molecule has 0 aliphatic carbocycles. The maximum Gasteiger partial charge on any atom is 0.160 e. The van der Waals surface area contributed by atoms with Crippen LogP contribution in [0, 0.1) is 0 Å². The highest BCUT2D eigenvalue weighted by Crippen LogP contribution is 2.29. The molecule has 19 heavy (non-hydrogen) atoms. The Morgan fingerprint density at radius 3 is 2.74 bits per heavy atom. The molecule has 1 aliphatic rings. The lowest BCUT2D eigenvalue weighted by atomic mass is 10.1. The molecule has 1 heterocycles. The van der Waals surface area contributed by atoms with E-state index >= 15 is 0 Å². The first-order valence-corrected chi connectivity index (χ1v) is 6.43. The second kappa shape index (κ2) is 7.45. The maximum atomic E-state index is 10.2. The van der Waals surface area contributed by atoms with Crippen LogP contribution in [0.1, 0.15) is 18.1 Å². The summed E-state index contributed by atoms with van der Waals surface area (Å²) in [5.41, 5.74) is 0.748. The molecular formula is C14H20O5. The number of hydrogen-bond donors (Lipinski definition) is 1. The van der Waals surface area contributed by atoms with Gasteiger partial charge in [0.2, 0.25) is 0 Å². The predicted molar refractivity (Wildman–Crippen MR) is 69.1 cm³/mol. The van der Waals surface area contributed by atoms with Gasteiger partial charge < -0.3 is 24.1 Å². The van der Waals surface area contributed by atoms with Gasteiger partial charge in [0.1, 0.15) is 12.4 Å². The molecule has 5 nitrogen and oxygen atoms in total. The lowest BCUT2D eigenvalue weighted by Crippen LogP contribution is -2.14. The van der Waals surface area contributed by atoms with Crippen molar-refractivity contribution in [2.45, 2.75) is 18.8 Å². The van der Waals surface area contributed by atoms with E-state index in [2.05, 4.69) is 0 Å². The van der Waals surface area contributed by atoms with E-state index in [-0.39, 0.29) is 6.29 Å². The minimum atomic E-state index is -0.665. The predicted octanol–water partition coefficient (Wildman–Crippen LogP) is 1.51. The molecule has 1 N–H and O–H groups in total. The van der Waals surface area contributed by atoms with E-state index in [0.29, 0.717) is 38.6 Å². The Hall–Kier alpha value is -1.14. The van der Waals surface area contributed by atoms with Crippen molar-refractivity contribution >= 4 is 0 Å². The summed E-state index contributed by atoms with van der Waals surface area (Å²) in [6.45, 7) is 2.14. The van der Waals surface area contributed by atoms with Crippen LogP contribution in [0.3, 0.4) is 0 Å². The number of aliphatic hydroxyl groups excluding tert-OH is 1. The van der Waals surface area contributed by atoms with Crippen LogP contribution < -0.4 is 4.74 Å². The zero-order valence-electron chi connectivity index (χ0n) is 11.1. The highest BCUT2D eigenvalue weighted by atomic mass is 16.7. The smallest absolute Gasteiger partial charge is 0.160 e. The van der Waals surface area contributed by atoms with Crippen LogP contribution in [0.5, 0.6) is 5.75 Å². The number of hydrogen-bond acceptors (Lipinski definition) is 5. The first kappa shape index (κ1) is 14.3. The first-order valence-electron chi connectivity index (χ1n) is 6.43. The summed E-state index contributed by atoms with van der Waals surface area (Å²) in [4.78, 5) is 0. The Morgan fingerprint density at radius 2 is 2.00 bits per heavy atom. The SMILES string of the molecule is COCCOc1ccccc1C(O)CC1OCCO1. The largest absolute Gasteiger partial charge is 0.491 e. The summed E-state index contributed by atoms with van der Waals surface area (Å²) in [6.07, 6.45) is -0.589. The van der Waals surface area contributed by atoms with E-state index < -0.39 is 6.10 Å². The third-order valence-electron chi connectivity index (χ3n) is 2.93. The Morgan fingerprint density at radius 1 is 1.26 bits per heavy atom. The van der Waals surface area contributed by atoms with Gasteiger partial charge in [0, 0.05) is 19.1 Å². The molecule has 1 aromatic rings. The van der Waals surface area contributed by atoms with Crippen molar-refractivity contribution in [2.24, 2.45) is 0 Å². The van der Waals surface area contributed by atoms with Gasteiger partial charge in [-0.2, -0.15) is 0 Å². The van der Waals surface area contributed by atoms with E-state index in [0.717, 1.165) is 5.56 Å². The summed E-state index contributed by atoms with van der Waals surface area (Å²) < 4.78 is 21.2. The minimum Gasteiger partial charge on any atom is -0.491 e. The molecule has 106 valence electrons. The quantitative estimate of drug-likeness (QED) is 0.760. The zero-order chi connectivity index (χ0) is 13.5.